The Hall–Kier alpha value is -3.14. The van der Waals surface area contributed by atoms with Crippen molar-refractivity contribution in [2.45, 2.75) is 0 Å². The van der Waals surface area contributed by atoms with Gasteiger partial charge in [-0.3, -0.25) is 14.5 Å². The van der Waals surface area contributed by atoms with Crippen LogP contribution in [0.5, 0.6) is 0 Å². The summed E-state index contributed by atoms with van der Waals surface area (Å²) < 4.78 is 9.24. The zero-order valence-electron chi connectivity index (χ0n) is 16.6. The van der Waals surface area contributed by atoms with Crippen molar-refractivity contribution in [2.75, 3.05) is 19.1 Å². The Kier molecular flexibility index (Phi) is 7.34. The molecule has 2 amide bonds. The molecule has 1 aliphatic heterocycles. The molecule has 0 radical (unpaired) electrons. The number of thioether (sulfide) groups is 1. The lowest BCUT2D eigenvalue weighted by atomic mass is 10.2. The monoisotopic (exact) mass is 492 g/mol. The van der Waals surface area contributed by atoms with Gasteiger partial charge in [0.2, 0.25) is 0 Å². The lowest BCUT2D eigenvalue weighted by molar-refractivity contribution is -0.135. The normalized spacial score (nSPS) is 15.9. The first kappa shape index (κ1) is 23.5. The number of hydrogen-bond donors (Lipinski definition) is 0. The molecule has 1 saturated heterocycles. The number of ether oxygens (including phenoxy) is 2. The number of nitrogens with zero attached hydrogens (tertiary/aromatic N) is 2. The SMILES string of the molecule is COC(=O)C=C1SC(=NC(=O)c2ccc(Cl)cc2Cl)N(c2ccc(C(=O)OC)cc2)C1=O. The van der Waals surface area contributed by atoms with Gasteiger partial charge in [0.05, 0.1) is 41.0 Å². The number of amides is 2. The highest BCUT2D eigenvalue weighted by Crippen LogP contribution is 2.35. The molecule has 11 heteroatoms. The fourth-order valence-corrected chi connectivity index (χ4v) is 4.04. The summed E-state index contributed by atoms with van der Waals surface area (Å²) in [5, 5.41) is 0.438. The van der Waals surface area contributed by atoms with Crippen molar-refractivity contribution < 1.29 is 28.7 Å². The third-order valence-corrected chi connectivity index (χ3v) is 5.68. The third-order valence-electron chi connectivity index (χ3n) is 4.16. The third kappa shape index (κ3) is 5.01. The average molecular weight is 493 g/mol. The molecular formula is C21H14Cl2N2O6S. The van der Waals surface area contributed by atoms with Crippen LogP contribution < -0.4 is 4.90 Å². The molecule has 0 bridgehead atoms. The first-order valence-electron chi connectivity index (χ1n) is 8.83. The van der Waals surface area contributed by atoms with E-state index in [1.165, 1.54) is 56.7 Å². The number of benzene rings is 2. The van der Waals surface area contributed by atoms with E-state index < -0.39 is 23.8 Å². The molecule has 0 N–H and O–H groups in total. The van der Waals surface area contributed by atoms with E-state index in [0.717, 1.165) is 22.7 Å². The van der Waals surface area contributed by atoms with Crippen LogP contribution in [0, 0.1) is 0 Å². The number of carbonyl (C=O) groups excluding carboxylic acids is 4. The molecule has 1 heterocycles. The first-order valence-corrected chi connectivity index (χ1v) is 10.4. The van der Waals surface area contributed by atoms with Crippen molar-refractivity contribution in [3.8, 4) is 0 Å². The lowest BCUT2D eigenvalue weighted by Crippen LogP contribution is -2.29. The summed E-state index contributed by atoms with van der Waals surface area (Å²) in [5.74, 6) is -2.60. The van der Waals surface area contributed by atoms with Gasteiger partial charge in [-0.25, -0.2) is 9.59 Å². The van der Waals surface area contributed by atoms with Gasteiger partial charge in [0.25, 0.3) is 11.8 Å². The lowest BCUT2D eigenvalue weighted by Gasteiger charge is -2.15. The van der Waals surface area contributed by atoms with Gasteiger partial charge < -0.3 is 9.47 Å². The number of esters is 2. The average Bonchev–Trinajstić information content (AvgIpc) is 3.07. The van der Waals surface area contributed by atoms with Gasteiger partial charge in [-0.05, 0) is 54.2 Å². The number of aliphatic imine (C=N–C) groups is 1. The van der Waals surface area contributed by atoms with Gasteiger partial charge in [-0.1, -0.05) is 23.2 Å². The summed E-state index contributed by atoms with van der Waals surface area (Å²) >= 11 is 12.8. The van der Waals surface area contributed by atoms with Crippen molar-refractivity contribution in [1.82, 2.24) is 0 Å². The summed E-state index contributed by atoms with van der Waals surface area (Å²) in [4.78, 5) is 54.2. The number of rotatable bonds is 4. The highest BCUT2D eigenvalue weighted by atomic mass is 35.5. The van der Waals surface area contributed by atoms with Crippen molar-refractivity contribution in [3.63, 3.8) is 0 Å². The predicted octanol–water partition coefficient (Wildman–Crippen LogP) is 4.11. The van der Waals surface area contributed by atoms with E-state index in [9.17, 15) is 19.2 Å². The number of carbonyl (C=O) groups is 4. The quantitative estimate of drug-likeness (QED) is 0.467. The Balaban J connectivity index is 2.04. The highest BCUT2D eigenvalue weighted by molar-refractivity contribution is 8.19. The molecule has 2 aromatic rings. The molecule has 1 aliphatic rings. The second-order valence-electron chi connectivity index (χ2n) is 6.14. The minimum Gasteiger partial charge on any atom is -0.466 e. The van der Waals surface area contributed by atoms with Crippen LogP contribution in [-0.2, 0) is 19.1 Å². The fraction of sp³-hybridized carbons (Fsp3) is 0.0952. The van der Waals surface area contributed by atoms with Crippen molar-refractivity contribution in [1.29, 1.82) is 0 Å². The summed E-state index contributed by atoms with van der Waals surface area (Å²) in [6.45, 7) is 0. The maximum atomic E-state index is 13.0. The molecule has 3 rings (SSSR count). The number of halogens is 2. The molecular weight excluding hydrogens is 479 g/mol. The number of amidine groups is 1. The van der Waals surface area contributed by atoms with Crippen molar-refractivity contribution in [3.05, 3.63) is 74.6 Å². The molecule has 0 spiro atoms. The number of methoxy groups -OCH3 is 2. The Morgan fingerprint density at radius 3 is 2.31 bits per heavy atom. The summed E-state index contributed by atoms with van der Waals surface area (Å²) in [5.41, 5.74) is 0.670. The van der Waals surface area contributed by atoms with E-state index >= 15 is 0 Å². The van der Waals surface area contributed by atoms with Crippen LogP contribution in [-0.4, -0.2) is 43.1 Å². The number of hydrogen-bond acceptors (Lipinski definition) is 7. The molecule has 2 aromatic carbocycles. The molecule has 1 fully saturated rings. The first-order chi connectivity index (χ1) is 15.2. The zero-order chi connectivity index (χ0) is 23.4. The molecule has 0 atom stereocenters. The molecule has 0 aliphatic carbocycles. The highest BCUT2D eigenvalue weighted by Gasteiger charge is 2.36. The van der Waals surface area contributed by atoms with Gasteiger partial charge in [0.1, 0.15) is 0 Å². The van der Waals surface area contributed by atoms with Gasteiger partial charge in [0, 0.05) is 11.1 Å². The Morgan fingerprint density at radius 1 is 1.03 bits per heavy atom. The largest absolute Gasteiger partial charge is 0.466 e. The Labute approximate surface area is 196 Å². The molecule has 0 unspecified atom stereocenters. The van der Waals surface area contributed by atoms with E-state index in [-0.39, 0.29) is 26.2 Å². The minimum atomic E-state index is -0.741. The molecule has 164 valence electrons. The molecule has 32 heavy (non-hydrogen) atoms. The second-order valence-corrected chi connectivity index (χ2v) is 7.99. The van der Waals surface area contributed by atoms with E-state index in [4.69, 9.17) is 23.2 Å². The van der Waals surface area contributed by atoms with E-state index in [0.29, 0.717) is 10.7 Å². The molecule has 0 saturated carbocycles. The minimum absolute atomic E-state index is 0.00245. The van der Waals surface area contributed by atoms with Gasteiger partial charge in [0.15, 0.2) is 5.17 Å². The fourth-order valence-electron chi connectivity index (χ4n) is 2.62. The second kappa shape index (κ2) is 9.99. The molecule has 0 aromatic heterocycles. The topological polar surface area (TPSA) is 102 Å². The maximum Gasteiger partial charge on any atom is 0.337 e. The Morgan fingerprint density at radius 2 is 1.72 bits per heavy atom. The van der Waals surface area contributed by atoms with Crippen molar-refractivity contribution >= 4 is 69.6 Å². The van der Waals surface area contributed by atoms with Crippen LogP contribution in [0.1, 0.15) is 20.7 Å². The number of anilines is 1. The smallest absolute Gasteiger partial charge is 0.337 e. The van der Waals surface area contributed by atoms with Crippen LogP contribution in [0.15, 0.2) is 58.4 Å². The standard InChI is InChI=1S/C21H14Cl2N2O6S/c1-30-17(26)10-16-19(28)25(13-6-3-11(4-7-13)20(29)31-2)21(32-16)24-18(27)14-8-5-12(22)9-15(14)23/h3-10H,1-2H3. The van der Waals surface area contributed by atoms with Crippen molar-refractivity contribution in [2.24, 2.45) is 4.99 Å². The van der Waals surface area contributed by atoms with Crippen LogP contribution in [0.4, 0.5) is 5.69 Å². The Bertz CT molecular complexity index is 1180. The molecule has 8 nitrogen and oxygen atoms in total. The van der Waals surface area contributed by atoms with Gasteiger partial charge in [-0.2, -0.15) is 4.99 Å². The van der Waals surface area contributed by atoms with Gasteiger partial charge >= 0.3 is 11.9 Å². The van der Waals surface area contributed by atoms with Crippen LogP contribution >= 0.6 is 35.0 Å². The summed E-state index contributed by atoms with van der Waals surface area (Å²) in [7, 11) is 2.42. The van der Waals surface area contributed by atoms with Gasteiger partial charge in [-0.15, -0.1) is 0 Å². The van der Waals surface area contributed by atoms with E-state index in [1.54, 1.807) is 0 Å². The zero-order valence-corrected chi connectivity index (χ0v) is 19.0. The summed E-state index contributed by atoms with van der Waals surface area (Å²) in [6, 6.07) is 10.2. The predicted molar refractivity (Wildman–Crippen MR) is 121 cm³/mol. The van der Waals surface area contributed by atoms with E-state index in [1.807, 2.05) is 0 Å². The maximum absolute atomic E-state index is 13.0. The van der Waals surface area contributed by atoms with E-state index in [2.05, 4.69) is 14.5 Å². The van der Waals surface area contributed by atoms with Crippen LogP contribution in [0.3, 0.4) is 0 Å². The van der Waals surface area contributed by atoms with Crippen LogP contribution in [0.2, 0.25) is 10.0 Å². The van der Waals surface area contributed by atoms with Crippen LogP contribution in [0.25, 0.3) is 0 Å². The summed E-state index contributed by atoms with van der Waals surface area (Å²) in [6.07, 6.45) is 1.01.